The van der Waals surface area contributed by atoms with Gasteiger partial charge in [-0.2, -0.15) is 0 Å². The Morgan fingerprint density at radius 3 is 2.20 bits per heavy atom. The van der Waals surface area contributed by atoms with E-state index in [0.29, 0.717) is 12.5 Å². The van der Waals surface area contributed by atoms with E-state index in [4.69, 9.17) is 5.73 Å². The van der Waals surface area contributed by atoms with E-state index < -0.39 is 0 Å². The van der Waals surface area contributed by atoms with Crippen molar-refractivity contribution >= 4 is 11.8 Å². The standard InChI is InChI=1S/C18H23NS/c1-13(2)15-4-7-17(8-5-15)20-18-9-6-16(10-11-19)14(3)12-18/h4-9,12-13H,10-11,19H2,1-3H3. The quantitative estimate of drug-likeness (QED) is 0.856. The molecule has 0 heterocycles. The van der Waals surface area contributed by atoms with Gasteiger partial charge in [-0.15, -0.1) is 0 Å². The molecular weight excluding hydrogens is 262 g/mol. The van der Waals surface area contributed by atoms with Crippen molar-refractivity contribution in [3.05, 3.63) is 59.2 Å². The molecule has 0 aliphatic carbocycles. The van der Waals surface area contributed by atoms with E-state index in [1.165, 1.54) is 26.5 Å². The molecule has 0 aliphatic rings. The van der Waals surface area contributed by atoms with Gasteiger partial charge in [0, 0.05) is 9.79 Å². The van der Waals surface area contributed by atoms with Crippen molar-refractivity contribution < 1.29 is 0 Å². The van der Waals surface area contributed by atoms with Gasteiger partial charge in [0.15, 0.2) is 0 Å². The van der Waals surface area contributed by atoms with Gasteiger partial charge >= 0.3 is 0 Å². The summed E-state index contributed by atoms with van der Waals surface area (Å²) in [5.41, 5.74) is 9.70. The molecule has 0 amide bonds. The SMILES string of the molecule is Cc1cc(Sc2ccc(C(C)C)cc2)ccc1CCN. The van der Waals surface area contributed by atoms with Gasteiger partial charge in [0.05, 0.1) is 0 Å². The van der Waals surface area contributed by atoms with Crippen LogP contribution < -0.4 is 5.73 Å². The number of rotatable bonds is 5. The maximum Gasteiger partial charge on any atom is 0.0125 e. The van der Waals surface area contributed by atoms with E-state index in [1.54, 1.807) is 0 Å². The highest BCUT2D eigenvalue weighted by Gasteiger charge is 2.03. The van der Waals surface area contributed by atoms with Gasteiger partial charge in [-0.05, 0) is 66.8 Å². The molecule has 1 nitrogen and oxygen atoms in total. The van der Waals surface area contributed by atoms with Crippen LogP contribution in [0.1, 0.15) is 36.5 Å². The largest absolute Gasteiger partial charge is 0.330 e. The van der Waals surface area contributed by atoms with E-state index >= 15 is 0 Å². The smallest absolute Gasteiger partial charge is 0.0125 e. The topological polar surface area (TPSA) is 26.0 Å². The molecule has 0 radical (unpaired) electrons. The lowest BCUT2D eigenvalue weighted by molar-refractivity contribution is 0.865. The van der Waals surface area contributed by atoms with Gasteiger partial charge in [0.2, 0.25) is 0 Å². The van der Waals surface area contributed by atoms with Gasteiger partial charge < -0.3 is 5.73 Å². The molecular formula is C18H23NS. The van der Waals surface area contributed by atoms with Crippen molar-refractivity contribution in [2.45, 2.75) is 42.9 Å². The summed E-state index contributed by atoms with van der Waals surface area (Å²) >= 11 is 1.82. The van der Waals surface area contributed by atoms with Gasteiger partial charge in [-0.3, -0.25) is 0 Å². The lowest BCUT2D eigenvalue weighted by atomic mass is 10.0. The first-order chi connectivity index (χ1) is 9.60. The van der Waals surface area contributed by atoms with Crippen LogP contribution in [0.15, 0.2) is 52.3 Å². The molecule has 0 aliphatic heterocycles. The second-order valence-electron chi connectivity index (χ2n) is 5.45. The van der Waals surface area contributed by atoms with Crippen molar-refractivity contribution in [3.8, 4) is 0 Å². The predicted molar refractivity (Wildman–Crippen MR) is 88.6 cm³/mol. The number of benzene rings is 2. The fourth-order valence-corrected chi connectivity index (χ4v) is 3.14. The van der Waals surface area contributed by atoms with Crippen molar-refractivity contribution in [3.63, 3.8) is 0 Å². The van der Waals surface area contributed by atoms with Crippen LogP contribution in [0.2, 0.25) is 0 Å². The van der Waals surface area contributed by atoms with Crippen LogP contribution in [-0.2, 0) is 6.42 Å². The highest BCUT2D eigenvalue weighted by molar-refractivity contribution is 7.99. The van der Waals surface area contributed by atoms with Crippen LogP contribution in [-0.4, -0.2) is 6.54 Å². The minimum absolute atomic E-state index is 0.590. The molecule has 0 atom stereocenters. The first-order valence-electron chi connectivity index (χ1n) is 7.17. The van der Waals surface area contributed by atoms with E-state index in [9.17, 15) is 0 Å². The zero-order valence-electron chi connectivity index (χ0n) is 12.5. The molecule has 0 saturated carbocycles. The highest BCUT2D eigenvalue weighted by atomic mass is 32.2. The third kappa shape index (κ3) is 3.87. The van der Waals surface area contributed by atoms with Crippen LogP contribution in [0.5, 0.6) is 0 Å². The third-order valence-electron chi connectivity index (χ3n) is 3.51. The van der Waals surface area contributed by atoms with E-state index in [0.717, 1.165) is 6.42 Å². The summed E-state index contributed by atoms with van der Waals surface area (Å²) in [5, 5.41) is 0. The van der Waals surface area contributed by atoms with Crippen molar-refractivity contribution in [1.29, 1.82) is 0 Å². The zero-order chi connectivity index (χ0) is 14.5. The first kappa shape index (κ1) is 15.1. The Labute approximate surface area is 126 Å². The Balaban J connectivity index is 2.11. The highest BCUT2D eigenvalue weighted by Crippen LogP contribution is 2.30. The summed E-state index contributed by atoms with van der Waals surface area (Å²) in [6.45, 7) is 7.32. The predicted octanol–water partition coefficient (Wildman–Crippen LogP) is 4.77. The Morgan fingerprint density at radius 1 is 1.00 bits per heavy atom. The van der Waals surface area contributed by atoms with Crippen LogP contribution in [0, 0.1) is 6.92 Å². The molecule has 0 bridgehead atoms. The summed E-state index contributed by atoms with van der Waals surface area (Å²) in [6.07, 6.45) is 0.958. The van der Waals surface area contributed by atoms with Gasteiger partial charge in [0.1, 0.15) is 0 Å². The molecule has 2 rings (SSSR count). The second-order valence-corrected chi connectivity index (χ2v) is 6.60. The molecule has 2 aromatic rings. The fraction of sp³-hybridized carbons (Fsp3) is 0.333. The van der Waals surface area contributed by atoms with Crippen LogP contribution in [0.3, 0.4) is 0 Å². The molecule has 2 N–H and O–H groups in total. The lowest BCUT2D eigenvalue weighted by Gasteiger charge is -2.09. The maximum atomic E-state index is 5.62. The monoisotopic (exact) mass is 285 g/mol. The number of hydrogen-bond donors (Lipinski definition) is 1. The van der Waals surface area contributed by atoms with Crippen LogP contribution >= 0.6 is 11.8 Å². The molecule has 0 aromatic heterocycles. The fourth-order valence-electron chi connectivity index (χ4n) is 2.22. The Hall–Kier alpha value is -1.25. The first-order valence-corrected chi connectivity index (χ1v) is 7.99. The normalized spacial score (nSPS) is 11.1. The molecule has 2 aromatic carbocycles. The van der Waals surface area contributed by atoms with Gasteiger partial charge in [-0.25, -0.2) is 0 Å². The summed E-state index contributed by atoms with van der Waals surface area (Å²) in [7, 11) is 0. The molecule has 0 unspecified atom stereocenters. The molecule has 0 saturated heterocycles. The molecule has 0 spiro atoms. The molecule has 106 valence electrons. The third-order valence-corrected chi connectivity index (χ3v) is 4.51. The van der Waals surface area contributed by atoms with E-state index in [-0.39, 0.29) is 0 Å². The molecule has 0 fully saturated rings. The maximum absolute atomic E-state index is 5.62. The minimum Gasteiger partial charge on any atom is -0.330 e. The Morgan fingerprint density at radius 2 is 1.65 bits per heavy atom. The number of aryl methyl sites for hydroxylation is 1. The summed E-state index contributed by atoms with van der Waals surface area (Å²) in [6, 6.07) is 15.5. The lowest BCUT2D eigenvalue weighted by Crippen LogP contribution is -2.03. The van der Waals surface area contributed by atoms with Crippen molar-refractivity contribution in [2.24, 2.45) is 5.73 Å². The number of hydrogen-bond acceptors (Lipinski definition) is 2. The number of nitrogens with two attached hydrogens (primary N) is 1. The average molecular weight is 285 g/mol. The van der Waals surface area contributed by atoms with E-state index in [1.807, 2.05) is 11.8 Å². The van der Waals surface area contributed by atoms with Crippen LogP contribution in [0.25, 0.3) is 0 Å². The van der Waals surface area contributed by atoms with Crippen LogP contribution in [0.4, 0.5) is 0 Å². The van der Waals surface area contributed by atoms with Gasteiger partial charge in [0.25, 0.3) is 0 Å². The molecule has 20 heavy (non-hydrogen) atoms. The molecule has 2 heteroatoms. The zero-order valence-corrected chi connectivity index (χ0v) is 13.3. The van der Waals surface area contributed by atoms with E-state index in [2.05, 4.69) is 63.2 Å². The second kappa shape index (κ2) is 6.96. The minimum atomic E-state index is 0.590. The van der Waals surface area contributed by atoms with Crippen molar-refractivity contribution in [2.75, 3.05) is 6.54 Å². The van der Waals surface area contributed by atoms with Gasteiger partial charge in [-0.1, -0.05) is 43.8 Å². The average Bonchev–Trinajstić information content (AvgIpc) is 2.42. The summed E-state index contributed by atoms with van der Waals surface area (Å²) in [4.78, 5) is 2.58. The Bertz CT molecular complexity index is 558. The summed E-state index contributed by atoms with van der Waals surface area (Å²) < 4.78 is 0. The van der Waals surface area contributed by atoms with Crippen molar-refractivity contribution in [1.82, 2.24) is 0 Å². The Kier molecular flexibility index (Phi) is 5.27. The summed E-state index contributed by atoms with van der Waals surface area (Å²) in [5.74, 6) is 0.590.